The molecule has 30 heavy (non-hydrogen) atoms. The highest BCUT2D eigenvalue weighted by molar-refractivity contribution is 5.95. The third-order valence-electron chi connectivity index (χ3n) is 4.43. The molecule has 8 heteroatoms. The van der Waals surface area contributed by atoms with Gasteiger partial charge in [0.1, 0.15) is 0 Å². The van der Waals surface area contributed by atoms with Crippen LogP contribution in [0.3, 0.4) is 0 Å². The number of nitro groups is 1. The second-order valence-electron chi connectivity index (χ2n) is 6.38. The van der Waals surface area contributed by atoms with Crippen LogP contribution in [0.4, 0.5) is 5.69 Å². The van der Waals surface area contributed by atoms with Gasteiger partial charge >= 0.3 is 0 Å². The lowest BCUT2D eigenvalue weighted by Crippen LogP contribution is -3.00. The molecule has 0 saturated carbocycles. The Labute approximate surface area is 182 Å². The molecule has 2 aromatic heterocycles. The van der Waals surface area contributed by atoms with Gasteiger partial charge in [-0.2, -0.15) is 4.57 Å². The standard InChI is InChI=1S/C22H16N3O4.BrH/c26-20(16-6-8-19(9-7-16)25(27)28)15-24-12-10-18(11-13-24)22-23-14-21(29-22)17-4-2-1-3-5-17;/h1-14H,15H2;1H/q+1;/p-1. The molecule has 0 amide bonds. The van der Waals surface area contributed by atoms with Gasteiger partial charge in [-0.25, -0.2) is 4.98 Å². The van der Waals surface area contributed by atoms with E-state index in [1.54, 1.807) is 23.2 Å². The lowest BCUT2D eigenvalue weighted by atomic mass is 10.1. The zero-order chi connectivity index (χ0) is 20.2. The minimum atomic E-state index is -0.492. The number of nitrogens with zero attached hydrogens (tertiary/aromatic N) is 3. The van der Waals surface area contributed by atoms with Crippen molar-refractivity contribution in [3.63, 3.8) is 0 Å². The number of ketones is 1. The molecule has 0 N–H and O–H groups in total. The van der Waals surface area contributed by atoms with Crippen LogP contribution in [-0.4, -0.2) is 15.7 Å². The summed E-state index contributed by atoms with van der Waals surface area (Å²) in [6.07, 6.45) is 5.22. The first-order chi connectivity index (χ1) is 14.1. The number of non-ortho nitro benzene ring substituents is 1. The van der Waals surface area contributed by atoms with Crippen LogP contribution in [0.15, 0.2) is 89.7 Å². The second kappa shape index (κ2) is 9.23. The number of carbonyl (C=O) groups is 1. The summed E-state index contributed by atoms with van der Waals surface area (Å²) in [6.45, 7) is 0.124. The largest absolute Gasteiger partial charge is 1.00 e. The van der Waals surface area contributed by atoms with Crippen LogP contribution < -0.4 is 21.5 Å². The molecule has 0 unspecified atom stereocenters. The minimum absolute atomic E-state index is 0. The molecule has 0 saturated heterocycles. The van der Waals surface area contributed by atoms with Crippen molar-refractivity contribution in [1.29, 1.82) is 0 Å². The van der Waals surface area contributed by atoms with Crippen molar-refractivity contribution < 1.29 is 35.7 Å². The van der Waals surface area contributed by atoms with E-state index in [2.05, 4.69) is 4.98 Å². The number of nitro benzene ring substituents is 1. The van der Waals surface area contributed by atoms with Gasteiger partial charge in [-0.1, -0.05) is 30.3 Å². The van der Waals surface area contributed by atoms with E-state index >= 15 is 0 Å². The molecule has 0 spiro atoms. The number of hydrogen-bond acceptors (Lipinski definition) is 5. The van der Waals surface area contributed by atoms with E-state index in [1.165, 1.54) is 24.3 Å². The Hall–Kier alpha value is -3.65. The van der Waals surface area contributed by atoms with Gasteiger partial charge < -0.3 is 21.4 Å². The molecule has 0 radical (unpaired) electrons. The Morgan fingerprint density at radius 3 is 2.27 bits per heavy atom. The third kappa shape index (κ3) is 4.66. The van der Waals surface area contributed by atoms with E-state index in [0.717, 1.165) is 11.1 Å². The highest BCUT2D eigenvalue weighted by Crippen LogP contribution is 2.25. The molecular formula is C22H16BrN3O4. The Morgan fingerprint density at radius 2 is 1.63 bits per heavy atom. The van der Waals surface area contributed by atoms with E-state index in [4.69, 9.17) is 4.42 Å². The van der Waals surface area contributed by atoms with Crippen molar-refractivity contribution in [2.24, 2.45) is 0 Å². The molecule has 0 bridgehead atoms. The summed E-state index contributed by atoms with van der Waals surface area (Å²) in [4.78, 5) is 26.9. The lowest BCUT2D eigenvalue weighted by molar-refractivity contribution is -0.683. The fourth-order valence-electron chi connectivity index (χ4n) is 2.87. The summed E-state index contributed by atoms with van der Waals surface area (Å²) in [6, 6.07) is 18.9. The summed E-state index contributed by atoms with van der Waals surface area (Å²) in [5.74, 6) is 1.04. The van der Waals surface area contributed by atoms with E-state index in [1.807, 2.05) is 42.5 Å². The highest BCUT2D eigenvalue weighted by Gasteiger charge is 2.15. The third-order valence-corrected chi connectivity index (χ3v) is 4.43. The summed E-state index contributed by atoms with van der Waals surface area (Å²) in [5, 5.41) is 10.7. The summed E-state index contributed by atoms with van der Waals surface area (Å²) < 4.78 is 7.56. The van der Waals surface area contributed by atoms with E-state index in [0.29, 0.717) is 17.2 Å². The molecule has 4 aromatic rings. The van der Waals surface area contributed by atoms with Crippen LogP contribution in [0.25, 0.3) is 22.8 Å². The maximum atomic E-state index is 12.4. The Kier molecular flexibility index (Phi) is 6.48. The molecule has 7 nitrogen and oxygen atoms in total. The number of pyridine rings is 1. The molecule has 2 heterocycles. The van der Waals surface area contributed by atoms with E-state index < -0.39 is 4.92 Å². The predicted molar refractivity (Wildman–Crippen MR) is 105 cm³/mol. The highest BCUT2D eigenvalue weighted by atomic mass is 79.9. The van der Waals surface area contributed by atoms with Gasteiger partial charge in [-0.15, -0.1) is 0 Å². The maximum Gasteiger partial charge on any atom is 0.269 e. The number of hydrogen-bond donors (Lipinski definition) is 0. The van der Waals surface area contributed by atoms with E-state index in [9.17, 15) is 14.9 Å². The van der Waals surface area contributed by atoms with Gasteiger partial charge in [0.2, 0.25) is 18.2 Å². The van der Waals surface area contributed by atoms with Crippen LogP contribution in [0.5, 0.6) is 0 Å². The van der Waals surface area contributed by atoms with Crippen molar-refractivity contribution in [2.75, 3.05) is 0 Å². The van der Waals surface area contributed by atoms with Gasteiger partial charge in [0.15, 0.2) is 18.2 Å². The van der Waals surface area contributed by atoms with Gasteiger partial charge in [-0.3, -0.25) is 14.9 Å². The van der Waals surface area contributed by atoms with Gasteiger partial charge in [0.05, 0.1) is 11.1 Å². The van der Waals surface area contributed by atoms with Crippen LogP contribution >= 0.6 is 0 Å². The fraction of sp³-hybridized carbons (Fsp3) is 0.0455. The van der Waals surface area contributed by atoms with Gasteiger partial charge in [0.25, 0.3) is 5.69 Å². The normalized spacial score (nSPS) is 10.3. The Bertz CT molecular complexity index is 1160. The maximum absolute atomic E-state index is 12.4. The number of aromatic nitrogens is 2. The van der Waals surface area contributed by atoms with Gasteiger partial charge in [0, 0.05) is 41.0 Å². The van der Waals surface area contributed by atoms with Crippen LogP contribution in [0.1, 0.15) is 10.4 Å². The number of Topliss-reactive ketones (excluding diaryl/α,β-unsaturated/α-hetero) is 1. The first-order valence-corrected chi connectivity index (χ1v) is 8.88. The lowest BCUT2D eigenvalue weighted by Gasteiger charge is -2.00. The van der Waals surface area contributed by atoms with Crippen molar-refractivity contribution in [1.82, 2.24) is 4.98 Å². The SMILES string of the molecule is O=C(C[n+]1ccc(-c2ncc(-c3ccccc3)o2)cc1)c1ccc([N+](=O)[O-])cc1.[Br-]. The van der Waals surface area contributed by atoms with Gasteiger partial charge in [-0.05, 0) is 12.1 Å². The topological polar surface area (TPSA) is 90.1 Å². The molecule has 150 valence electrons. The summed E-state index contributed by atoms with van der Waals surface area (Å²) in [5.41, 5.74) is 2.13. The molecule has 2 aromatic carbocycles. The van der Waals surface area contributed by atoms with Crippen LogP contribution in [0.2, 0.25) is 0 Å². The molecule has 0 aliphatic heterocycles. The molecular weight excluding hydrogens is 450 g/mol. The summed E-state index contributed by atoms with van der Waals surface area (Å²) in [7, 11) is 0. The van der Waals surface area contributed by atoms with Crippen molar-refractivity contribution >= 4 is 11.5 Å². The molecule has 0 atom stereocenters. The monoisotopic (exact) mass is 465 g/mol. The number of halogens is 1. The zero-order valence-corrected chi connectivity index (χ0v) is 17.2. The average molecular weight is 466 g/mol. The summed E-state index contributed by atoms with van der Waals surface area (Å²) >= 11 is 0. The van der Waals surface area contributed by atoms with Crippen LogP contribution in [0, 0.1) is 10.1 Å². The van der Waals surface area contributed by atoms with Crippen molar-refractivity contribution in [3.05, 3.63) is 101 Å². The molecule has 0 fully saturated rings. The fourth-order valence-corrected chi connectivity index (χ4v) is 2.87. The first-order valence-electron chi connectivity index (χ1n) is 8.88. The number of carbonyl (C=O) groups excluding carboxylic acids is 1. The zero-order valence-electron chi connectivity index (χ0n) is 15.6. The number of rotatable bonds is 6. The van der Waals surface area contributed by atoms with E-state index in [-0.39, 0.29) is 35.0 Å². The van der Waals surface area contributed by atoms with Crippen LogP contribution in [-0.2, 0) is 6.54 Å². The quantitative estimate of drug-likeness (QED) is 0.184. The predicted octanol–water partition coefficient (Wildman–Crippen LogP) is 1.09. The smallest absolute Gasteiger partial charge is 0.269 e. The molecule has 0 aliphatic carbocycles. The number of benzene rings is 2. The minimum Gasteiger partial charge on any atom is -1.00 e. The average Bonchev–Trinajstić information content (AvgIpc) is 3.25. The Balaban J connectivity index is 0.00000256. The van der Waals surface area contributed by atoms with Crippen molar-refractivity contribution in [2.45, 2.75) is 6.54 Å². The second-order valence-corrected chi connectivity index (χ2v) is 6.38. The molecule has 4 rings (SSSR count). The Morgan fingerprint density at radius 1 is 0.967 bits per heavy atom. The first kappa shape index (κ1) is 21.1. The number of oxazole rings is 1. The molecule has 0 aliphatic rings. The van der Waals surface area contributed by atoms with Crippen molar-refractivity contribution in [3.8, 4) is 22.8 Å².